The number of carbonyl (C=O) groups is 1. The first-order valence-corrected chi connectivity index (χ1v) is 9.98. The van der Waals surface area contributed by atoms with Crippen molar-refractivity contribution < 1.29 is 4.79 Å². The van der Waals surface area contributed by atoms with E-state index in [9.17, 15) is 9.59 Å². The number of hydrogen-bond donors (Lipinski definition) is 1. The highest BCUT2D eigenvalue weighted by molar-refractivity contribution is 6.42. The average Bonchev–Trinajstić information content (AvgIpc) is 2.62. The van der Waals surface area contributed by atoms with Crippen LogP contribution in [0.1, 0.15) is 52.0 Å². The number of benzene rings is 1. The topological polar surface area (TPSA) is 64.0 Å². The first-order valence-electron chi connectivity index (χ1n) is 9.22. The quantitative estimate of drug-likeness (QED) is 0.668. The lowest BCUT2D eigenvalue weighted by atomic mass is 10.1. The molecule has 27 heavy (non-hydrogen) atoms. The zero-order valence-electron chi connectivity index (χ0n) is 16.1. The van der Waals surface area contributed by atoms with Gasteiger partial charge in [-0.25, -0.2) is 4.79 Å². The van der Waals surface area contributed by atoms with Gasteiger partial charge in [-0.1, -0.05) is 69.3 Å². The molecule has 1 aromatic heterocycles. The van der Waals surface area contributed by atoms with E-state index in [-0.39, 0.29) is 23.8 Å². The molecule has 1 N–H and O–H groups in total. The predicted octanol–water partition coefficient (Wildman–Crippen LogP) is 5.34. The Morgan fingerprint density at radius 3 is 2.30 bits per heavy atom. The van der Waals surface area contributed by atoms with Crippen LogP contribution in [0.3, 0.4) is 0 Å². The van der Waals surface area contributed by atoms with Crippen LogP contribution >= 0.6 is 23.2 Å². The highest BCUT2D eigenvalue weighted by Crippen LogP contribution is 2.22. The molecule has 5 nitrogen and oxygen atoms in total. The van der Waals surface area contributed by atoms with Gasteiger partial charge in [0.1, 0.15) is 5.82 Å². The highest BCUT2D eigenvalue weighted by Gasteiger charge is 2.08. The van der Waals surface area contributed by atoms with Crippen LogP contribution in [0.5, 0.6) is 0 Å². The van der Waals surface area contributed by atoms with E-state index in [1.807, 2.05) is 6.92 Å². The second kappa shape index (κ2) is 12.5. The predicted molar refractivity (Wildman–Crippen MR) is 113 cm³/mol. The minimum atomic E-state index is -0.380. The second-order valence-corrected chi connectivity index (χ2v) is 6.93. The van der Waals surface area contributed by atoms with Gasteiger partial charge in [0.05, 0.1) is 16.5 Å². The minimum Gasteiger partial charge on any atom is -0.310 e. The maximum absolute atomic E-state index is 12.0. The molecule has 0 unspecified atom stereocenters. The Hall–Kier alpha value is -1.85. The van der Waals surface area contributed by atoms with Crippen molar-refractivity contribution in [3.63, 3.8) is 0 Å². The van der Waals surface area contributed by atoms with Crippen LogP contribution in [0.4, 0.5) is 5.82 Å². The number of halogens is 2. The van der Waals surface area contributed by atoms with Gasteiger partial charge in [-0.3, -0.25) is 9.36 Å². The normalized spacial score (nSPS) is 10.1. The maximum atomic E-state index is 12.0. The number of amides is 1. The van der Waals surface area contributed by atoms with E-state index in [1.165, 1.54) is 23.8 Å². The average molecular weight is 412 g/mol. The van der Waals surface area contributed by atoms with E-state index < -0.39 is 0 Å². The molecular weight excluding hydrogens is 385 g/mol. The monoisotopic (exact) mass is 411 g/mol. The van der Waals surface area contributed by atoms with Crippen LogP contribution in [0.15, 0.2) is 35.3 Å². The number of carbonyl (C=O) groups excluding carboxylic acids is 1. The third-order valence-electron chi connectivity index (χ3n) is 3.66. The molecule has 1 amide bonds. The number of aromatic nitrogens is 2. The molecule has 0 aliphatic rings. The summed E-state index contributed by atoms with van der Waals surface area (Å²) in [4.78, 5) is 27.5. The van der Waals surface area contributed by atoms with Gasteiger partial charge in [0.25, 0.3) is 0 Å². The number of anilines is 1. The van der Waals surface area contributed by atoms with Crippen molar-refractivity contribution in [2.45, 2.75) is 59.4 Å². The van der Waals surface area contributed by atoms with Crippen molar-refractivity contribution in [3.05, 3.63) is 56.6 Å². The molecule has 0 aliphatic carbocycles. The van der Waals surface area contributed by atoms with Crippen LogP contribution in [0.2, 0.25) is 10.0 Å². The van der Waals surface area contributed by atoms with Crippen LogP contribution in [0, 0.1) is 0 Å². The van der Waals surface area contributed by atoms with Crippen molar-refractivity contribution in [2.75, 3.05) is 5.32 Å². The largest absolute Gasteiger partial charge is 0.349 e. The van der Waals surface area contributed by atoms with Crippen molar-refractivity contribution in [1.82, 2.24) is 9.55 Å². The summed E-state index contributed by atoms with van der Waals surface area (Å²) in [6.07, 6.45) is 6.65. The number of unbranched alkanes of at least 4 members (excludes halogenated alkanes) is 2. The molecule has 0 aliphatic heterocycles. The van der Waals surface area contributed by atoms with Crippen molar-refractivity contribution in [1.29, 1.82) is 0 Å². The van der Waals surface area contributed by atoms with Gasteiger partial charge in [0.2, 0.25) is 5.91 Å². The Kier molecular flexibility index (Phi) is 10.8. The summed E-state index contributed by atoms with van der Waals surface area (Å²) < 4.78 is 1.49. The van der Waals surface area contributed by atoms with E-state index in [0.29, 0.717) is 16.6 Å². The first-order chi connectivity index (χ1) is 12.9. The number of aryl methyl sites for hydroxylation is 1. The molecule has 0 fully saturated rings. The molecule has 1 aromatic carbocycles. The molecule has 0 saturated heterocycles. The summed E-state index contributed by atoms with van der Waals surface area (Å²) >= 11 is 11.7. The van der Waals surface area contributed by atoms with Crippen LogP contribution in [-0.4, -0.2) is 15.5 Å². The van der Waals surface area contributed by atoms with Gasteiger partial charge in [0.15, 0.2) is 0 Å². The molecular formula is C20H27Cl2N3O2. The summed E-state index contributed by atoms with van der Waals surface area (Å²) in [5.41, 5.74) is 0.348. The van der Waals surface area contributed by atoms with E-state index >= 15 is 0 Å². The van der Waals surface area contributed by atoms with Crippen molar-refractivity contribution in [3.8, 4) is 0 Å². The third kappa shape index (κ3) is 8.59. The molecule has 7 heteroatoms. The van der Waals surface area contributed by atoms with Crippen LogP contribution in [-0.2, 0) is 17.8 Å². The van der Waals surface area contributed by atoms with E-state index in [0.717, 1.165) is 12.0 Å². The summed E-state index contributed by atoms with van der Waals surface area (Å²) in [5, 5.41) is 3.43. The number of nitrogens with zero attached hydrogens (tertiary/aromatic N) is 2. The van der Waals surface area contributed by atoms with Gasteiger partial charge < -0.3 is 5.32 Å². The summed E-state index contributed by atoms with van der Waals surface area (Å²) in [6.45, 7) is 7.00. The van der Waals surface area contributed by atoms with E-state index in [4.69, 9.17) is 23.2 Å². The second-order valence-electron chi connectivity index (χ2n) is 6.12. The fourth-order valence-electron chi connectivity index (χ4n) is 2.29. The Morgan fingerprint density at radius 2 is 1.78 bits per heavy atom. The summed E-state index contributed by atoms with van der Waals surface area (Å²) in [5.74, 6) is -0.0408. The lowest BCUT2D eigenvalue weighted by Gasteiger charge is -2.07. The van der Waals surface area contributed by atoms with E-state index in [1.54, 1.807) is 30.5 Å². The molecule has 1 heterocycles. The molecule has 148 valence electrons. The van der Waals surface area contributed by atoms with Gasteiger partial charge in [0, 0.05) is 12.7 Å². The standard InChI is InChI=1S/C15H15Cl2N3O2.C5H12/c1-2-6-20-7-5-13(19-15(20)22)18-14(21)9-10-3-4-11(16)12(17)8-10;1-3-5-4-2/h3-5,7-8H,2,6,9H2,1H3,(H,18,19,21,22);3-5H2,1-2H3. The van der Waals surface area contributed by atoms with Crippen LogP contribution in [0.25, 0.3) is 0 Å². The van der Waals surface area contributed by atoms with Gasteiger partial charge in [-0.2, -0.15) is 4.98 Å². The van der Waals surface area contributed by atoms with Gasteiger partial charge >= 0.3 is 5.69 Å². The fourth-order valence-corrected chi connectivity index (χ4v) is 2.61. The molecule has 0 saturated carbocycles. The van der Waals surface area contributed by atoms with Crippen molar-refractivity contribution in [2.24, 2.45) is 0 Å². The molecule has 0 atom stereocenters. The Balaban J connectivity index is 0.000000646. The molecule has 0 spiro atoms. The lowest BCUT2D eigenvalue weighted by Crippen LogP contribution is -2.25. The Morgan fingerprint density at radius 1 is 1.07 bits per heavy atom. The highest BCUT2D eigenvalue weighted by atomic mass is 35.5. The zero-order chi connectivity index (χ0) is 20.2. The third-order valence-corrected chi connectivity index (χ3v) is 4.40. The Labute approximate surface area is 170 Å². The van der Waals surface area contributed by atoms with Gasteiger partial charge in [-0.05, 0) is 30.2 Å². The number of nitrogens with one attached hydrogen (secondary N) is 1. The lowest BCUT2D eigenvalue weighted by molar-refractivity contribution is -0.115. The van der Waals surface area contributed by atoms with Crippen molar-refractivity contribution >= 4 is 34.9 Å². The molecule has 2 rings (SSSR count). The maximum Gasteiger partial charge on any atom is 0.349 e. The molecule has 2 aromatic rings. The van der Waals surface area contributed by atoms with Crippen LogP contribution < -0.4 is 11.0 Å². The zero-order valence-corrected chi connectivity index (χ0v) is 17.6. The summed E-state index contributed by atoms with van der Waals surface area (Å²) in [7, 11) is 0. The molecule has 0 bridgehead atoms. The number of rotatable bonds is 7. The number of hydrogen-bond acceptors (Lipinski definition) is 3. The minimum absolute atomic E-state index is 0.122. The Bertz CT molecular complexity index is 789. The fraction of sp³-hybridized carbons (Fsp3) is 0.450. The smallest absolute Gasteiger partial charge is 0.310 e. The molecule has 0 radical (unpaired) electrons. The van der Waals surface area contributed by atoms with Gasteiger partial charge in [-0.15, -0.1) is 0 Å². The summed E-state index contributed by atoms with van der Waals surface area (Å²) in [6, 6.07) is 6.59. The SMILES string of the molecule is CCCCC.CCCn1ccc(NC(=O)Cc2ccc(Cl)c(Cl)c2)nc1=O. The van der Waals surface area contributed by atoms with E-state index in [2.05, 4.69) is 24.1 Å². The first kappa shape index (κ1) is 23.2.